The lowest BCUT2D eigenvalue weighted by molar-refractivity contribution is 0.0466. The Hall–Kier alpha value is -1.62. The number of hydrogen-bond donors (Lipinski definition) is 1. The van der Waals surface area contributed by atoms with Crippen LogP contribution >= 0.6 is 0 Å². The smallest absolute Gasteiger partial charge is 0.255 e. The number of carbonyl (C=O) groups excluding carboxylic acids is 1. The highest BCUT2D eigenvalue weighted by molar-refractivity contribution is 5.94. The topological polar surface area (TPSA) is 56.7 Å². The summed E-state index contributed by atoms with van der Waals surface area (Å²) in [6, 6.07) is 3.84. The summed E-state index contributed by atoms with van der Waals surface area (Å²) in [5, 5.41) is 9.75. The molecular weight excluding hydrogens is 278 g/mol. The van der Waals surface area contributed by atoms with Crippen LogP contribution in [0, 0.1) is 5.92 Å². The first-order valence-electron chi connectivity index (χ1n) is 8.33. The molecule has 0 saturated carbocycles. The first-order chi connectivity index (χ1) is 10.6. The zero-order valence-corrected chi connectivity index (χ0v) is 13.2. The highest BCUT2D eigenvalue weighted by Gasteiger charge is 2.27. The van der Waals surface area contributed by atoms with E-state index in [9.17, 15) is 9.90 Å². The molecule has 0 spiro atoms. The first kappa shape index (κ1) is 15.3. The van der Waals surface area contributed by atoms with Crippen LogP contribution in [-0.4, -0.2) is 53.2 Å². The zero-order valence-electron chi connectivity index (χ0n) is 13.2. The van der Waals surface area contributed by atoms with Gasteiger partial charge in [-0.3, -0.25) is 4.79 Å². The Morgan fingerprint density at radius 2 is 2.05 bits per heavy atom. The molecule has 2 fully saturated rings. The monoisotopic (exact) mass is 303 g/mol. The summed E-state index contributed by atoms with van der Waals surface area (Å²) >= 11 is 0. The van der Waals surface area contributed by atoms with E-state index >= 15 is 0 Å². The van der Waals surface area contributed by atoms with Gasteiger partial charge in [0, 0.05) is 38.3 Å². The molecule has 22 heavy (non-hydrogen) atoms. The van der Waals surface area contributed by atoms with Gasteiger partial charge in [-0.05, 0) is 44.7 Å². The van der Waals surface area contributed by atoms with E-state index in [1.807, 2.05) is 24.0 Å². The predicted molar refractivity (Wildman–Crippen MR) is 86.0 cm³/mol. The van der Waals surface area contributed by atoms with Crippen molar-refractivity contribution in [3.8, 4) is 0 Å². The second-order valence-electron chi connectivity index (χ2n) is 6.49. The standard InChI is InChI=1S/C17H25N3O2/c1-13(21)15-5-4-10-20(12-15)17(22)14-6-7-16(18-11-14)19-8-2-3-9-19/h6-7,11,13,15,21H,2-5,8-10,12H2,1H3. The molecule has 1 N–H and O–H groups in total. The van der Waals surface area contributed by atoms with Crippen molar-refractivity contribution in [3.05, 3.63) is 23.9 Å². The van der Waals surface area contributed by atoms with Crippen LogP contribution in [-0.2, 0) is 0 Å². The number of hydrogen-bond acceptors (Lipinski definition) is 4. The molecule has 5 heteroatoms. The Balaban J connectivity index is 1.66. The minimum atomic E-state index is -0.355. The van der Waals surface area contributed by atoms with Crippen molar-refractivity contribution in [1.29, 1.82) is 0 Å². The number of aromatic nitrogens is 1. The maximum atomic E-state index is 12.6. The highest BCUT2D eigenvalue weighted by Crippen LogP contribution is 2.22. The number of likely N-dealkylation sites (tertiary alicyclic amines) is 1. The van der Waals surface area contributed by atoms with Gasteiger partial charge in [-0.25, -0.2) is 4.98 Å². The summed E-state index contributed by atoms with van der Waals surface area (Å²) in [4.78, 5) is 21.2. The van der Waals surface area contributed by atoms with Crippen molar-refractivity contribution >= 4 is 11.7 Å². The fourth-order valence-electron chi connectivity index (χ4n) is 3.42. The van der Waals surface area contributed by atoms with Crippen molar-refractivity contribution in [3.63, 3.8) is 0 Å². The van der Waals surface area contributed by atoms with Crippen molar-refractivity contribution in [2.24, 2.45) is 5.92 Å². The Morgan fingerprint density at radius 3 is 2.68 bits per heavy atom. The molecule has 2 unspecified atom stereocenters. The van der Waals surface area contributed by atoms with E-state index < -0.39 is 0 Å². The lowest BCUT2D eigenvalue weighted by atomic mass is 9.93. The van der Waals surface area contributed by atoms with Crippen molar-refractivity contribution in [2.75, 3.05) is 31.1 Å². The number of nitrogens with zero attached hydrogens (tertiary/aromatic N) is 3. The zero-order chi connectivity index (χ0) is 15.5. The second-order valence-corrected chi connectivity index (χ2v) is 6.49. The number of piperidine rings is 1. The number of anilines is 1. The third-order valence-corrected chi connectivity index (χ3v) is 4.85. The Labute approximate surface area is 131 Å². The Bertz CT molecular complexity index is 509. The summed E-state index contributed by atoms with van der Waals surface area (Å²) < 4.78 is 0. The van der Waals surface area contributed by atoms with Crippen LogP contribution in [0.2, 0.25) is 0 Å². The van der Waals surface area contributed by atoms with Gasteiger partial charge < -0.3 is 14.9 Å². The van der Waals surface area contributed by atoms with E-state index in [1.54, 1.807) is 6.20 Å². The maximum Gasteiger partial charge on any atom is 0.255 e. The fraction of sp³-hybridized carbons (Fsp3) is 0.647. The molecule has 2 saturated heterocycles. The van der Waals surface area contributed by atoms with Gasteiger partial charge in [-0.2, -0.15) is 0 Å². The lowest BCUT2D eigenvalue weighted by Crippen LogP contribution is -2.43. The fourth-order valence-corrected chi connectivity index (χ4v) is 3.42. The van der Waals surface area contributed by atoms with Gasteiger partial charge in [-0.15, -0.1) is 0 Å². The highest BCUT2D eigenvalue weighted by atomic mass is 16.3. The van der Waals surface area contributed by atoms with Crippen LogP contribution in [0.3, 0.4) is 0 Å². The normalized spacial score (nSPS) is 23.6. The summed E-state index contributed by atoms with van der Waals surface area (Å²) in [7, 11) is 0. The quantitative estimate of drug-likeness (QED) is 0.927. The molecule has 0 aliphatic carbocycles. The van der Waals surface area contributed by atoms with Gasteiger partial charge in [0.1, 0.15) is 5.82 Å². The molecule has 1 aromatic rings. The number of amides is 1. The summed E-state index contributed by atoms with van der Waals surface area (Å²) in [6.07, 6.45) is 5.73. The van der Waals surface area contributed by atoms with Crippen LogP contribution in [0.5, 0.6) is 0 Å². The van der Waals surface area contributed by atoms with Crippen molar-refractivity contribution < 1.29 is 9.90 Å². The summed E-state index contributed by atoms with van der Waals surface area (Å²) in [5.74, 6) is 1.19. The predicted octanol–water partition coefficient (Wildman–Crippen LogP) is 1.91. The molecule has 2 atom stereocenters. The SMILES string of the molecule is CC(O)C1CCCN(C(=O)c2ccc(N3CCCC3)nc2)C1. The van der Waals surface area contributed by atoms with Crippen LogP contribution in [0.15, 0.2) is 18.3 Å². The third-order valence-electron chi connectivity index (χ3n) is 4.85. The van der Waals surface area contributed by atoms with Crippen molar-refractivity contribution in [1.82, 2.24) is 9.88 Å². The van der Waals surface area contributed by atoms with Crippen molar-refractivity contribution in [2.45, 2.75) is 38.7 Å². The van der Waals surface area contributed by atoms with E-state index in [4.69, 9.17) is 0 Å². The van der Waals surface area contributed by atoms with Crippen LogP contribution < -0.4 is 4.90 Å². The molecular formula is C17H25N3O2. The maximum absolute atomic E-state index is 12.6. The number of aliphatic hydroxyl groups is 1. The van der Waals surface area contributed by atoms with Gasteiger partial charge in [-0.1, -0.05) is 0 Å². The van der Waals surface area contributed by atoms with Crippen LogP contribution in [0.4, 0.5) is 5.82 Å². The van der Waals surface area contributed by atoms with Gasteiger partial charge in [0.05, 0.1) is 11.7 Å². The van der Waals surface area contributed by atoms with Gasteiger partial charge in [0.25, 0.3) is 5.91 Å². The Kier molecular flexibility index (Phi) is 4.62. The van der Waals surface area contributed by atoms with Gasteiger partial charge >= 0.3 is 0 Å². The summed E-state index contributed by atoms with van der Waals surface area (Å²) in [5.41, 5.74) is 0.647. The van der Waals surface area contributed by atoms with E-state index in [0.29, 0.717) is 12.1 Å². The molecule has 3 heterocycles. The molecule has 1 amide bonds. The minimum Gasteiger partial charge on any atom is -0.393 e. The molecule has 0 radical (unpaired) electrons. The minimum absolute atomic E-state index is 0.0332. The summed E-state index contributed by atoms with van der Waals surface area (Å²) in [6.45, 7) is 5.34. The lowest BCUT2D eigenvalue weighted by Gasteiger charge is -2.34. The van der Waals surface area contributed by atoms with Gasteiger partial charge in [0.15, 0.2) is 0 Å². The number of pyridine rings is 1. The van der Waals surface area contributed by atoms with Crippen LogP contribution in [0.25, 0.3) is 0 Å². The largest absolute Gasteiger partial charge is 0.393 e. The molecule has 5 nitrogen and oxygen atoms in total. The van der Waals surface area contributed by atoms with Gasteiger partial charge in [0.2, 0.25) is 0 Å². The van der Waals surface area contributed by atoms with Crippen LogP contribution in [0.1, 0.15) is 43.0 Å². The molecule has 0 bridgehead atoms. The Morgan fingerprint density at radius 1 is 1.27 bits per heavy atom. The second kappa shape index (κ2) is 6.65. The average Bonchev–Trinajstić information content (AvgIpc) is 3.09. The van der Waals surface area contributed by atoms with E-state index in [-0.39, 0.29) is 17.9 Å². The third kappa shape index (κ3) is 3.24. The number of carbonyl (C=O) groups is 1. The first-order valence-corrected chi connectivity index (χ1v) is 8.33. The van der Waals surface area contributed by atoms with E-state index in [2.05, 4.69) is 9.88 Å². The van der Waals surface area contributed by atoms with E-state index in [1.165, 1.54) is 12.8 Å². The molecule has 3 rings (SSSR count). The van der Waals surface area contributed by atoms with E-state index in [0.717, 1.165) is 38.3 Å². The molecule has 2 aliphatic heterocycles. The average molecular weight is 303 g/mol. The molecule has 120 valence electrons. The molecule has 1 aromatic heterocycles. The number of aliphatic hydroxyl groups excluding tert-OH is 1. The molecule has 2 aliphatic rings. The molecule has 0 aromatic carbocycles. The number of rotatable bonds is 3.